The van der Waals surface area contributed by atoms with Crippen LogP contribution in [0.5, 0.6) is 0 Å². The van der Waals surface area contributed by atoms with Crippen molar-refractivity contribution in [2.75, 3.05) is 11.4 Å². The zero-order valence-corrected chi connectivity index (χ0v) is 11.1. The third-order valence-electron chi connectivity index (χ3n) is 3.33. The quantitative estimate of drug-likeness (QED) is 0.751. The van der Waals surface area contributed by atoms with Crippen molar-refractivity contribution < 1.29 is 9.59 Å². The van der Waals surface area contributed by atoms with Gasteiger partial charge in [0.1, 0.15) is 0 Å². The fourth-order valence-corrected chi connectivity index (χ4v) is 2.31. The number of ketones is 1. The van der Waals surface area contributed by atoms with Gasteiger partial charge >= 0.3 is 0 Å². The number of benzene rings is 1. The summed E-state index contributed by atoms with van der Waals surface area (Å²) in [5.41, 5.74) is 0.430. The minimum Gasteiger partial charge on any atom is -0.312 e. The summed E-state index contributed by atoms with van der Waals surface area (Å²) < 4.78 is 0. The zero-order valence-electron chi connectivity index (χ0n) is 11.1. The molecule has 1 aromatic carbocycles. The van der Waals surface area contributed by atoms with Crippen molar-refractivity contribution in [2.24, 2.45) is 11.3 Å². The van der Waals surface area contributed by atoms with Gasteiger partial charge < -0.3 is 4.90 Å². The van der Waals surface area contributed by atoms with Crippen LogP contribution in [0.3, 0.4) is 0 Å². The Balaban J connectivity index is 2.18. The molecule has 3 heteroatoms. The van der Waals surface area contributed by atoms with Gasteiger partial charge in [0.15, 0.2) is 5.78 Å². The average Bonchev–Trinajstić information content (AvgIpc) is 2.70. The summed E-state index contributed by atoms with van der Waals surface area (Å²) in [5.74, 6) is -0.475. The van der Waals surface area contributed by atoms with Gasteiger partial charge in [-0.1, -0.05) is 39.0 Å². The molecular formula is C15H19NO2. The molecule has 1 saturated heterocycles. The number of Topliss-reactive ketones (excluding diaryl/α,β-unsaturated/α-hetero) is 1. The van der Waals surface area contributed by atoms with Crippen LogP contribution in [0.15, 0.2) is 30.3 Å². The number of carbonyl (C=O) groups is 2. The molecule has 3 nitrogen and oxygen atoms in total. The van der Waals surface area contributed by atoms with Crippen molar-refractivity contribution in [3.8, 4) is 0 Å². The molecule has 0 N–H and O–H groups in total. The minimum absolute atomic E-state index is 0.0472. The Bertz CT molecular complexity index is 459. The van der Waals surface area contributed by atoms with E-state index in [4.69, 9.17) is 0 Å². The topological polar surface area (TPSA) is 37.4 Å². The lowest BCUT2D eigenvalue weighted by molar-refractivity contribution is -0.135. The van der Waals surface area contributed by atoms with Crippen LogP contribution in [-0.2, 0) is 9.59 Å². The van der Waals surface area contributed by atoms with Gasteiger partial charge in [-0.25, -0.2) is 0 Å². The number of rotatable bonds is 2. The maximum atomic E-state index is 12.3. The molecule has 1 fully saturated rings. The van der Waals surface area contributed by atoms with Gasteiger partial charge in [-0.15, -0.1) is 0 Å². The molecule has 1 aromatic rings. The first kappa shape index (κ1) is 12.8. The summed E-state index contributed by atoms with van der Waals surface area (Å²) in [6.07, 6.45) is 0.629. The molecule has 1 unspecified atom stereocenters. The number of amides is 1. The molecule has 1 atom stereocenters. The lowest BCUT2D eigenvalue weighted by Crippen LogP contribution is -2.35. The third-order valence-corrected chi connectivity index (χ3v) is 3.33. The largest absolute Gasteiger partial charge is 0.312 e. The normalized spacial score (nSPS) is 20.3. The van der Waals surface area contributed by atoms with Crippen molar-refractivity contribution in [1.29, 1.82) is 0 Å². The molecule has 18 heavy (non-hydrogen) atoms. The van der Waals surface area contributed by atoms with Crippen LogP contribution in [0.1, 0.15) is 27.2 Å². The SMILES string of the molecule is CC(C)(C)C(=O)C1CCN(c2ccccc2)C1=O. The molecule has 0 radical (unpaired) electrons. The van der Waals surface area contributed by atoms with E-state index in [2.05, 4.69) is 0 Å². The summed E-state index contributed by atoms with van der Waals surface area (Å²) in [4.78, 5) is 26.2. The Kier molecular flexibility index (Phi) is 3.24. The van der Waals surface area contributed by atoms with E-state index in [-0.39, 0.29) is 11.7 Å². The number of para-hydroxylation sites is 1. The molecule has 1 aliphatic rings. The Hall–Kier alpha value is -1.64. The van der Waals surface area contributed by atoms with E-state index in [0.717, 1.165) is 5.69 Å². The Morgan fingerprint density at radius 3 is 2.39 bits per heavy atom. The summed E-state index contributed by atoms with van der Waals surface area (Å²) in [6.45, 7) is 6.24. The molecule has 1 aliphatic heterocycles. The molecule has 1 amide bonds. The second-order valence-electron chi connectivity index (χ2n) is 5.78. The van der Waals surface area contributed by atoms with Crippen molar-refractivity contribution in [1.82, 2.24) is 0 Å². The molecule has 96 valence electrons. The number of anilines is 1. The van der Waals surface area contributed by atoms with E-state index in [1.807, 2.05) is 51.1 Å². The van der Waals surface area contributed by atoms with Gasteiger partial charge in [0, 0.05) is 17.6 Å². The van der Waals surface area contributed by atoms with Crippen molar-refractivity contribution in [3.05, 3.63) is 30.3 Å². The van der Waals surface area contributed by atoms with E-state index in [1.54, 1.807) is 4.90 Å². The molecule has 0 spiro atoms. The fraction of sp³-hybridized carbons (Fsp3) is 0.467. The number of nitrogens with zero attached hydrogens (tertiary/aromatic N) is 1. The molecule has 0 saturated carbocycles. The summed E-state index contributed by atoms with van der Waals surface area (Å²) in [7, 11) is 0. The first-order valence-corrected chi connectivity index (χ1v) is 6.32. The predicted octanol–water partition coefficient (Wildman–Crippen LogP) is 2.65. The first-order chi connectivity index (χ1) is 8.41. The van der Waals surface area contributed by atoms with Gasteiger partial charge in [0.05, 0.1) is 5.92 Å². The number of hydrogen-bond acceptors (Lipinski definition) is 2. The van der Waals surface area contributed by atoms with Crippen LogP contribution in [0.4, 0.5) is 5.69 Å². The monoisotopic (exact) mass is 245 g/mol. The Labute approximate surface area is 108 Å². The van der Waals surface area contributed by atoms with Crippen LogP contribution in [0, 0.1) is 11.3 Å². The lowest BCUT2D eigenvalue weighted by Gasteiger charge is -2.21. The van der Waals surface area contributed by atoms with E-state index in [9.17, 15) is 9.59 Å². The standard InChI is InChI=1S/C15H19NO2/c1-15(2,3)13(17)12-9-10-16(14(12)18)11-7-5-4-6-8-11/h4-8,12H,9-10H2,1-3H3. The molecule has 2 rings (SSSR count). The smallest absolute Gasteiger partial charge is 0.237 e. The second kappa shape index (κ2) is 4.56. The molecular weight excluding hydrogens is 226 g/mol. The summed E-state index contributed by atoms with van der Waals surface area (Å²) in [5, 5.41) is 0. The fourth-order valence-electron chi connectivity index (χ4n) is 2.31. The predicted molar refractivity (Wildman–Crippen MR) is 71.4 cm³/mol. The number of hydrogen-bond donors (Lipinski definition) is 0. The molecule has 0 aliphatic carbocycles. The van der Waals surface area contributed by atoms with E-state index < -0.39 is 11.3 Å². The van der Waals surface area contributed by atoms with E-state index >= 15 is 0 Å². The van der Waals surface area contributed by atoms with Gasteiger partial charge in [0.25, 0.3) is 0 Å². The third kappa shape index (κ3) is 2.30. The van der Waals surface area contributed by atoms with Crippen molar-refractivity contribution >= 4 is 17.4 Å². The maximum Gasteiger partial charge on any atom is 0.237 e. The zero-order chi connectivity index (χ0) is 13.3. The highest BCUT2D eigenvalue weighted by atomic mass is 16.2. The van der Waals surface area contributed by atoms with Crippen LogP contribution in [0.2, 0.25) is 0 Å². The number of carbonyl (C=O) groups excluding carboxylic acids is 2. The Morgan fingerprint density at radius 2 is 1.83 bits per heavy atom. The van der Waals surface area contributed by atoms with Crippen LogP contribution in [0.25, 0.3) is 0 Å². The van der Waals surface area contributed by atoms with Crippen LogP contribution >= 0.6 is 0 Å². The molecule has 0 bridgehead atoms. The highest BCUT2D eigenvalue weighted by Gasteiger charge is 2.41. The molecule has 0 aromatic heterocycles. The minimum atomic E-state index is -0.467. The second-order valence-corrected chi connectivity index (χ2v) is 5.78. The van der Waals surface area contributed by atoms with Gasteiger partial charge in [0.2, 0.25) is 5.91 Å². The highest BCUT2D eigenvalue weighted by Crippen LogP contribution is 2.30. The lowest BCUT2D eigenvalue weighted by atomic mass is 9.82. The van der Waals surface area contributed by atoms with E-state index in [1.165, 1.54) is 0 Å². The Morgan fingerprint density at radius 1 is 1.22 bits per heavy atom. The summed E-state index contributed by atoms with van der Waals surface area (Å²) >= 11 is 0. The van der Waals surface area contributed by atoms with Crippen molar-refractivity contribution in [2.45, 2.75) is 27.2 Å². The molecule has 1 heterocycles. The van der Waals surface area contributed by atoms with Crippen molar-refractivity contribution in [3.63, 3.8) is 0 Å². The maximum absolute atomic E-state index is 12.3. The van der Waals surface area contributed by atoms with Gasteiger partial charge in [-0.3, -0.25) is 9.59 Å². The van der Waals surface area contributed by atoms with Gasteiger partial charge in [-0.05, 0) is 18.6 Å². The van der Waals surface area contributed by atoms with E-state index in [0.29, 0.717) is 13.0 Å². The van der Waals surface area contributed by atoms with Gasteiger partial charge in [-0.2, -0.15) is 0 Å². The first-order valence-electron chi connectivity index (χ1n) is 6.32. The summed E-state index contributed by atoms with van der Waals surface area (Å²) in [6, 6.07) is 9.54. The highest BCUT2D eigenvalue weighted by molar-refractivity contribution is 6.11. The van der Waals surface area contributed by atoms with Crippen LogP contribution in [-0.4, -0.2) is 18.2 Å². The van der Waals surface area contributed by atoms with Crippen LogP contribution < -0.4 is 4.90 Å². The average molecular weight is 245 g/mol.